The molecular weight excluding hydrogens is 281 g/mol. The van der Waals surface area contributed by atoms with Crippen molar-refractivity contribution >= 4 is 0 Å². The zero-order valence-electron chi connectivity index (χ0n) is 12.8. The Morgan fingerprint density at radius 1 is 1.32 bits per heavy atom. The van der Waals surface area contributed by atoms with E-state index in [4.69, 9.17) is 0 Å². The summed E-state index contributed by atoms with van der Waals surface area (Å²) in [6.07, 6.45) is 3.76. The minimum atomic E-state index is -0.419. The van der Waals surface area contributed by atoms with Crippen LogP contribution in [0, 0.1) is 5.82 Å². The molecule has 0 aliphatic carbocycles. The minimum absolute atomic E-state index is 0.0624. The van der Waals surface area contributed by atoms with Gasteiger partial charge in [0.15, 0.2) is 0 Å². The molecule has 1 aromatic heterocycles. The standard InChI is InChI=1S/C17H22FN3O/c1-20-10-8-14(19-20)12-21-9-4-7-17(22)16(21)11-13-5-2-3-6-15(13)18/h2-3,5-6,8,10,16-17,22H,4,7,9,11-12H2,1H3/t16-,17-/m0/s1. The zero-order chi connectivity index (χ0) is 15.5. The summed E-state index contributed by atoms with van der Waals surface area (Å²) in [6.45, 7) is 1.60. The first-order chi connectivity index (χ1) is 10.6. The Kier molecular flexibility index (Phi) is 4.55. The number of hydrogen-bond donors (Lipinski definition) is 1. The second kappa shape index (κ2) is 6.58. The molecule has 5 heteroatoms. The van der Waals surface area contributed by atoms with Crippen molar-refractivity contribution in [2.45, 2.75) is 38.0 Å². The van der Waals surface area contributed by atoms with E-state index >= 15 is 0 Å². The normalized spacial score (nSPS) is 22.9. The Balaban J connectivity index is 1.76. The lowest BCUT2D eigenvalue weighted by Crippen LogP contribution is -2.49. The molecule has 1 fully saturated rings. The summed E-state index contributed by atoms with van der Waals surface area (Å²) in [7, 11) is 1.89. The number of likely N-dealkylation sites (tertiary alicyclic amines) is 1. The molecule has 4 nitrogen and oxygen atoms in total. The zero-order valence-corrected chi connectivity index (χ0v) is 12.8. The molecule has 0 radical (unpaired) electrons. The van der Waals surface area contributed by atoms with Gasteiger partial charge < -0.3 is 5.11 Å². The van der Waals surface area contributed by atoms with Crippen LogP contribution in [-0.4, -0.2) is 38.5 Å². The first-order valence-electron chi connectivity index (χ1n) is 7.77. The number of benzene rings is 1. The van der Waals surface area contributed by atoms with Crippen molar-refractivity contribution in [1.82, 2.24) is 14.7 Å². The summed E-state index contributed by atoms with van der Waals surface area (Å²) in [5.41, 5.74) is 1.65. The molecule has 1 aliphatic heterocycles. The van der Waals surface area contributed by atoms with Gasteiger partial charge in [0.25, 0.3) is 0 Å². The quantitative estimate of drug-likeness (QED) is 0.941. The predicted molar refractivity (Wildman–Crippen MR) is 82.8 cm³/mol. The molecule has 118 valence electrons. The highest BCUT2D eigenvalue weighted by Crippen LogP contribution is 2.24. The first-order valence-corrected chi connectivity index (χ1v) is 7.77. The fourth-order valence-electron chi connectivity index (χ4n) is 3.21. The maximum Gasteiger partial charge on any atom is 0.126 e. The average molecular weight is 303 g/mol. The number of halogens is 1. The Morgan fingerprint density at radius 3 is 2.86 bits per heavy atom. The van der Waals surface area contributed by atoms with Gasteiger partial charge in [-0.05, 0) is 43.5 Å². The number of piperidine rings is 1. The molecule has 2 atom stereocenters. The van der Waals surface area contributed by atoms with E-state index in [1.165, 1.54) is 6.07 Å². The van der Waals surface area contributed by atoms with Crippen molar-refractivity contribution in [3.05, 3.63) is 53.6 Å². The van der Waals surface area contributed by atoms with E-state index in [1.54, 1.807) is 16.8 Å². The van der Waals surface area contributed by atoms with E-state index < -0.39 is 6.10 Å². The van der Waals surface area contributed by atoms with Crippen LogP contribution in [0.1, 0.15) is 24.1 Å². The highest BCUT2D eigenvalue weighted by atomic mass is 19.1. The Morgan fingerprint density at radius 2 is 2.14 bits per heavy atom. The van der Waals surface area contributed by atoms with E-state index in [1.807, 2.05) is 25.4 Å². The van der Waals surface area contributed by atoms with Crippen LogP contribution in [0.5, 0.6) is 0 Å². The minimum Gasteiger partial charge on any atom is -0.391 e. The summed E-state index contributed by atoms with van der Waals surface area (Å²) >= 11 is 0. The summed E-state index contributed by atoms with van der Waals surface area (Å²) < 4.78 is 15.7. The largest absolute Gasteiger partial charge is 0.391 e. The number of aryl methyl sites for hydroxylation is 1. The van der Waals surface area contributed by atoms with Crippen molar-refractivity contribution in [1.29, 1.82) is 0 Å². The van der Waals surface area contributed by atoms with Crippen molar-refractivity contribution < 1.29 is 9.50 Å². The average Bonchev–Trinajstić information content (AvgIpc) is 2.90. The third kappa shape index (κ3) is 3.36. The number of nitrogens with zero attached hydrogens (tertiary/aromatic N) is 3. The highest BCUT2D eigenvalue weighted by molar-refractivity contribution is 5.19. The molecule has 3 rings (SSSR count). The van der Waals surface area contributed by atoms with Gasteiger partial charge in [-0.15, -0.1) is 0 Å². The summed E-state index contributed by atoms with van der Waals surface area (Å²) in [6, 6.07) is 8.75. The number of aromatic nitrogens is 2. The Labute approximate surface area is 130 Å². The van der Waals surface area contributed by atoms with Crippen LogP contribution in [0.15, 0.2) is 36.5 Å². The predicted octanol–water partition coefficient (Wildman–Crippen LogP) is 2.13. The monoisotopic (exact) mass is 303 g/mol. The molecule has 1 aromatic carbocycles. The second-order valence-electron chi connectivity index (χ2n) is 6.02. The molecule has 0 bridgehead atoms. The molecule has 0 spiro atoms. The lowest BCUT2D eigenvalue weighted by molar-refractivity contribution is 0.00575. The second-order valence-corrected chi connectivity index (χ2v) is 6.02. The number of hydrogen-bond acceptors (Lipinski definition) is 3. The van der Waals surface area contributed by atoms with Gasteiger partial charge in [0, 0.05) is 25.8 Å². The van der Waals surface area contributed by atoms with Crippen molar-refractivity contribution in [2.75, 3.05) is 6.54 Å². The molecule has 0 amide bonds. The van der Waals surface area contributed by atoms with Gasteiger partial charge in [-0.3, -0.25) is 9.58 Å². The van der Waals surface area contributed by atoms with Crippen LogP contribution in [-0.2, 0) is 20.0 Å². The van der Waals surface area contributed by atoms with E-state index in [2.05, 4.69) is 10.00 Å². The molecular formula is C17H22FN3O. The number of rotatable bonds is 4. The van der Waals surface area contributed by atoms with E-state index in [-0.39, 0.29) is 11.9 Å². The topological polar surface area (TPSA) is 41.3 Å². The lowest BCUT2D eigenvalue weighted by atomic mass is 9.92. The summed E-state index contributed by atoms with van der Waals surface area (Å²) in [5, 5.41) is 14.8. The van der Waals surface area contributed by atoms with Gasteiger partial charge in [0.05, 0.1) is 11.8 Å². The number of aliphatic hydroxyl groups excluding tert-OH is 1. The Bertz CT molecular complexity index is 628. The molecule has 22 heavy (non-hydrogen) atoms. The summed E-state index contributed by atoms with van der Waals surface area (Å²) in [4.78, 5) is 2.23. The Hall–Kier alpha value is -1.72. The van der Waals surface area contributed by atoms with Gasteiger partial charge in [-0.25, -0.2) is 4.39 Å². The molecule has 0 unspecified atom stereocenters. The van der Waals surface area contributed by atoms with Crippen LogP contribution in [0.4, 0.5) is 4.39 Å². The maximum absolute atomic E-state index is 13.9. The van der Waals surface area contributed by atoms with Crippen molar-refractivity contribution in [2.24, 2.45) is 7.05 Å². The first kappa shape index (κ1) is 15.2. The lowest BCUT2D eigenvalue weighted by Gasteiger charge is -2.39. The van der Waals surface area contributed by atoms with E-state index in [9.17, 15) is 9.50 Å². The van der Waals surface area contributed by atoms with Crippen LogP contribution in [0.3, 0.4) is 0 Å². The van der Waals surface area contributed by atoms with Gasteiger partial charge in [0.2, 0.25) is 0 Å². The third-order valence-corrected chi connectivity index (χ3v) is 4.38. The van der Waals surface area contributed by atoms with Gasteiger partial charge in [0.1, 0.15) is 5.82 Å². The molecule has 0 saturated carbocycles. The van der Waals surface area contributed by atoms with Gasteiger partial charge in [-0.2, -0.15) is 5.10 Å². The number of aliphatic hydroxyl groups is 1. The SMILES string of the molecule is Cn1ccc(CN2CCC[C@H](O)[C@@H]2Cc2ccccc2F)n1. The molecule has 2 aromatic rings. The van der Waals surface area contributed by atoms with Crippen molar-refractivity contribution in [3.8, 4) is 0 Å². The van der Waals surface area contributed by atoms with Crippen LogP contribution in [0.2, 0.25) is 0 Å². The smallest absolute Gasteiger partial charge is 0.126 e. The molecule has 1 N–H and O–H groups in total. The fourth-order valence-corrected chi connectivity index (χ4v) is 3.21. The van der Waals surface area contributed by atoms with E-state index in [0.29, 0.717) is 18.5 Å². The molecule has 1 aliphatic rings. The molecule has 1 saturated heterocycles. The fraction of sp³-hybridized carbons (Fsp3) is 0.471. The van der Waals surface area contributed by atoms with Crippen LogP contribution >= 0.6 is 0 Å². The maximum atomic E-state index is 13.9. The highest BCUT2D eigenvalue weighted by Gasteiger charge is 2.31. The molecule has 2 heterocycles. The van der Waals surface area contributed by atoms with Gasteiger partial charge in [-0.1, -0.05) is 18.2 Å². The van der Waals surface area contributed by atoms with Crippen LogP contribution < -0.4 is 0 Å². The van der Waals surface area contributed by atoms with Crippen LogP contribution in [0.25, 0.3) is 0 Å². The third-order valence-electron chi connectivity index (χ3n) is 4.38. The summed E-state index contributed by atoms with van der Waals surface area (Å²) in [5.74, 6) is -0.196. The van der Waals surface area contributed by atoms with Gasteiger partial charge >= 0.3 is 0 Å². The van der Waals surface area contributed by atoms with Crippen molar-refractivity contribution in [3.63, 3.8) is 0 Å². The van der Waals surface area contributed by atoms with E-state index in [0.717, 1.165) is 25.1 Å².